The fourth-order valence-electron chi connectivity index (χ4n) is 1.56. The van der Waals surface area contributed by atoms with Crippen molar-refractivity contribution >= 4 is 5.84 Å². The van der Waals surface area contributed by atoms with E-state index in [-0.39, 0.29) is 11.6 Å². The van der Waals surface area contributed by atoms with Crippen LogP contribution in [0, 0.1) is 0 Å². The van der Waals surface area contributed by atoms with Crippen molar-refractivity contribution in [1.29, 1.82) is 0 Å². The van der Waals surface area contributed by atoms with Gasteiger partial charge in [-0.1, -0.05) is 30.3 Å². The van der Waals surface area contributed by atoms with E-state index < -0.39 is 0 Å². The van der Waals surface area contributed by atoms with Gasteiger partial charge in [0.15, 0.2) is 0 Å². The van der Waals surface area contributed by atoms with Crippen molar-refractivity contribution in [2.45, 2.75) is 32.4 Å². The molecule has 94 valence electrons. The molecule has 0 spiro atoms. The summed E-state index contributed by atoms with van der Waals surface area (Å²) in [5, 5.41) is 0. The van der Waals surface area contributed by atoms with E-state index in [2.05, 4.69) is 10.4 Å². The van der Waals surface area contributed by atoms with Crippen molar-refractivity contribution in [2.24, 2.45) is 10.8 Å². The first kappa shape index (κ1) is 13.7. The standard InChI is InChI=1S/C13H21N3O/c1-13(2,3)15-12(16-14)11(17-4)10-8-6-5-7-9-10/h5-9,11H,14H2,1-4H3,(H,15,16). The molecular formula is C13H21N3O. The van der Waals surface area contributed by atoms with Crippen LogP contribution in [0.3, 0.4) is 0 Å². The molecule has 0 aliphatic carbocycles. The second-order valence-electron chi connectivity index (χ2n) is 4.84. The quantitative estimate of drug-likeness (QED) is 0.365. The van der Waals surface area contributed by atoms with Crippen LogP contribution >= 0.6 is 0 Å². The van der Waals surface area contributed by atoms with Crippen molar-refractivity contribution in [3.05, 3.63) is 35.9 Å². The van der Waals surface area contributed by atoms with Gasteiger partial charge in [-0.3, -0.25) is 4.99 Å². The lowest BCUT2D eigenvalue weighted by Gasteiger charge is -2.22. The summed E-state index contributed by atoms with van der Waals surface area (Å²) in [5.41, 5.74) is 3.46. The minimum absolute atomic E-state index is 0.201. The summed E-state index contributed by atoms with van der Waals surface area (Å²) in [6.45, 7) is 6.05. The molecule has 0 aliphatic rings. The third kappa shape index (κ3) is 4.17. The highest BCUT2D eigenvalue weighted by atomic mass is 16.5. The third-order valence-electron chi connectivity index (χ3n) is 2.19. The zero-order valence-electron chi connectivity index (χ0n) is 10.9. The second kappa shape index (κ2) is 5.80. The summed E-state index contributed by atoms with van der Waals surface area (Å²) >= 11 is 0. The van der Waals surface area contributed by atoms with Crippen LogP contribution in [0.5, 0.6) is 0 Å². The second-order valence-corrected chi connectivity index (χ2v) is 4.84. The maximum absolute atomic E-state index is 5.53. The molecule has 0 bridgehead atoms. The first-order valence-corrected chi connectivity index (χ1v) is 5.62. The molecule has 3 N–H and O–H groups in total. The maximum Gasteiger partial charge on any atom is 0.145 e. The van der Waals surface area contributed by atoms with E-state index in [0.717, 1.165) is 5.56 Å². The summed E-state index contributed by atoms with van der Waals surface area (Å²) < 4.78 is 5.46. The molecule has 0 saturated heterocycles. The molecule has 1 aromatic carbocycles. The molecule has 1 unspecified atom stereocenters. The molecule has 1 aromatic rings. The zero-order chi connectivity index (χ0) is 12.9. The van der Waals surface area contributed by atoms with E-state index in [1.807, 2.05) is 51.1 Å². The predicted molar refractivity (Wildman–Crippen MR) is 70.7 cm³/mol. The van der Waals surface area contributed by atoms with Crippen LogP contribution < -0.4 is 11.3 Å². The van der Waals surface area contributed by atoms with Crippen molar-refractivity contribution in [3.63, 3.8) is 0 Å². The van der Waals surface area contributed by atoms with Gasteiger partial charge in [0.1, 0.15) is 11.9 Å². The molecule has 1 rings (SSSR count). The third-order valence-corrected chi connectivity index (χ3v) is 2.19. The van der Waals surface area contributed by atoms with Crippen LogP contribution in [-0.2, 0) is 4.74 Å². The Kier molecular flexibility index (Phi) is 4.66. The van der Waals surface area contributed by atoms with Crippen molar-refractivity contribution < 1.29 is 4.74 Å². The Morgan fingerprint density at radius 2 is 1.88 bits per heavy atom. The number of nitrogens with zero attached hydrogens (tertiary/aromatic N) is 1. The minimum atomic E-state index is -0.263. The number of hydrazine groups is 1. The summed E-state index contributed by atoms with van der Waals surface area (Å²) in [6, 6.07) is 9.87. The van der Waals surface area contributed by atoms with E-state index in [4.69, 9.17) is 10.6 Å². The Balaban J connectivity index is 3.05. The number of hydrogen-bond donors (Lipinski definition) is 2. The van der Waals surface area contributed by atoms with Gasteiger partial charge in [0.2, 0.25) is 0 Å². The van der Waals surface area contributed by atoms with Crippen LogP contribution in [0.4, 0.5) is 0 Å². The largest absolute Gasteiger partial charge is 0.369 e. The van der Waals surface area contributed by atoms with Crippen LogP contribution in [0.25, 0.3) is 0 Å². The normalized spacial score (nSPS) is 14.5. The number of ether oxygens (including phenoxy) is 1. The number of amidine groups is 1. The van der Waals surface area contributed by atoms with Crippen LogP contribution in [-0.4, -0.2) is 18.5 Å². The SMILES string of the molecule is COC(C(=NC(C)(C)C)NN)c1ccccc1. The fraction of sp³-hybridized carbons (Fsp3) is 0.462. The van der Waals surface area contributed by atoms with Gasteiger partial charge < -0.3 is 10.2 Å². The Labute approximate surface area is 103 Å². The molecule has 0 aliphatic heterocycles. The first-order valence-electron chi connectivity index (χ1n) is 5.62. The number of methoxy groups -OCH3 is 1. The van der Waals surface area contributed by atoms with Crippen molar-refractivity contribution in [2.75, 3.05) is 7.11 Å². The van der Waals surface area contributed by atoms with E-state index in [1.165, 1.54) is 0 Å². The summed E-state index contributed by atoms with van der Waals surface area (Å²) in [4.78, 5) is 4.53. The topological polar surface area (TPSA) is 59.6 Å². The maximum atomic E-state index is 5.53. The Morgan fingerprint density at radius 3 is 2.29 bits per heavy atom. The number of nitrogens with two attached hydrogens (primary N) is 1. The van der Waals surface area contributed by atoms with Crippen LogP contribution in [0.2, 0.25) is 0 Å². The van der Waals surface area contributed by atoms with Gasteiger partial charge in [-0.2, -0.15) is 0 Å². The van der Waals surface area contributed by atoms with E-state index >= 15 is 0 Å². The van der Waals surface area contributed by atoms with E-state index in [0.29, 0.717) is 5.84 Å². The lowest BCUT2D eigenvalue weighted by atomic mass is 10.1. The smallest absolute Gasteiger partial charge is 0.145 e. The van der Waals surface area contributed by atoms with Crippen molar-refractivity contribution in [3.8, 4) is 0 Å². The van der Waals surface area contributed by atoms with Gasteiger partial charge in [-0.25, -0.2) is 5.84 Å². The van der Waals surface area contributed by atoms with E-state index in [1.54, 1.807) is 7.11 Å². The molecule has 4 nitrogen and oxygen atoms in total. The number of benzene rings is 1. The summed E-state index contributed by atoms with van der Waals surface area (Å²) in [7, 11) is 1.65. The molecule has 0 fully saturated rings. The molecule has 0 amide bonds. The Bertz CT molecular complexity index is 368. The average Bonchev–Trinajstić information content (AvgIpc) is 2.28. The highest BCUT2D eigenvalue weighted by Gasteiger charge is 2.19. The molecule has 4 heteroatoms. The molecule has 1 atom stereocenters. The number of aliphatic imine (C=N–C) groups is 1. The summed E-state index contributed by atoms with van der Waals surface area (Å²) in [5.74, 6) is 6.16. The van der Waals surface area contributed by atoms with Gasteiger partial charge in [-0.15, -0.1) is 0 Å². The van der Waals surface area contributed by atoms with Gasteiger partial charge in [0.25, 0.3) is 0 Å². The lowest BCUT2D eigenvalue weighted by Crippen LogP contribution is -2.38. The van der Waals surface area contributed by atoms with E-state index in [9.17, 15) is 0 Å². The van der Waals surface area contributed by atoms with Gasteiger partial charge in [0, 0.05) is 7.11 Å². The molecule has 0 saturated carbocycles. The average molecular weight is 235 g/mol. The summed E-state index contributed by atoms with van der Waals surface area (Å²) in [6.07, 6.45) is -0.263. The first-order chi connectivity index (χ1) is 7.98. The number of rotatable bonds is 3. The van der Waals surface area contributed by atoms with Gasteiger partial charge in [0.05, 0.1) is 5.54 Å². The molecule has 0 heterocycles. The molecular weight excluding hydrogens is 214 g/mol. The molecule has 17 heavy (non-hydrogen) atoms. The monoisotopic (exact) mass is 235 g/mol. The predicted octanol–water partition coefficient (Wildman–Crippen LogP) is 2.03. The highest BCUT2D eigenvalue weighted by Crippen LogP contribution is 2.19. The Hall–Kier alpha value is -1.39. The number of nitrogens with one attached hydrogen (secondary N) is 1. The van der Waals surface area contributed by atoms with Crippen molar-refractivity contribution in [1.82, 2.24) is 5.43 Å². The molecule has 0 radical (unpaired) electrons. The Morgan fingerprint density at radius 1 is 1.29 bits per heavy atom. The highest BCUT2D eigenvalue weighted by molar-refractivity contribution is 5.87. The van der Waals surface area contributed by atoms with Crippen LogP contribution in [0.15, 0.2) is 35.3 Å². The fourth-order valence-corrected chi connectivity index (χ4v) is 1.56. The van der Waals surface area contributed by atoms with Crippen LogP contribution in [0.1, 0.15) is 32.4 Å². The lowest BCUT2D eigenvalue weighted by molar-refractivity contribution is 0.154. The minimum Gasteiger partial charge on any atom is -0.369 e. The van der Waals surface area contributed by atoms with Gasteiger partial charge >= 0.3 is 0 Å². The number of hydrogen-bond acceptors (Lipinski definition) is 3. The molecule has 0 aromatic heterocycles. The zero-order valence-corrected chi connectivity index (χ0v) is 10.9. The van der Waals surface area contributed by atoms with Gasteiger partial charge in [-0.05, 0) is 26.3 Å².